The molecule has 38 heavy (non-hydrogen) atoms. The minimum atomic E-state index is -0.317. The van der Waals surface area contributed by atoms with Crippen LogP contribution in [0.2, 0.25) is 0 Å². The van der Waals surface area contributed by atoms with Crippen molar-refractivity contribution in [1.29, 1.82) is 0 Å². The van der Waals surface area contributed by atoms with Gasteiger partial charge in [0, 0.05) is 23.7 Å². The fourth-order valence-corrected chi connectivity index (χ4v) is 5.46. The van der Waals surface area contributed by atoms with Crippen LogP contribution in [-0.2, 0) is 6.54 Å². The summed E-state index contributed by atoms with van der Waals surface area (Å²) in [7, 11) is 0. The molecular formula is C30H34N6O2. The first-order chi connectivity index (χ1) is 18.3. The van der Waals surface area contributed by atoms with Gasteiger partial charge in [0.2, 0.25) is 0 Å². The lowest BCUT2D eigenvalue weighted by Crippen LogP contribution is -2.43. The molecule has 2 amide bonds. The van der Waals surface area contributed by atoms with Gasteiger partial charge >= 0.3 is 0 Å². The standard InChI is InChI=1S/C30H34N6O2/c1-30(2,3)25-14-16-26(17-15-25)36(28(38)24-13-12-21-6-4-5-7-23(21)18-24)19-20-8-10-22(11-9-20)27(37)31-29-32-34-35-33-29/h4-13,18,25-26H,14-17,19H2,1-3H3,(H2,31,32,33,34,35,37). The summed E-state index contributed by atoms with van der Waals surface area (Å²) in [5, 5.41) is 18.1. The van der Waals surface area contributed by atoms with Crippen LogP contribution in [0.1, 0.15) is 72.7 Å². The predicted octanol–water partition coefficient (Wildman–Crippen LogP) is 5.85. The third kappa shape index (κ3) is 5.74. The fraction of sp³-hybridized carbons (Fsp3) is 0.367. The van der Waals surface area contributed by atoms with Crippen LogP contribution in [-0.4, -0.2) is 43.4 Å². The molecule has 0 saturated heterocycles. The second kappa shape index (κ2) is 10.7. The molecule has 5 rings (SSSR count). The van der Waals surface area contributed by atoms with Gasteiger partial charge in [-0.2, -0.15) is 5.21 Å². The summed E-state index contributed by atoms with van der Waals surface area (Å²) in [6.45, 7) is 7.43. The Hall–Kier alpha value is -4.07. The number of nitrogens with one attached hydrogen (secondary N) is 2. The highest BCUT2D eigenvalue weighted by Crippen LogP contribution is 2.39. The van der Waals surface area contributed by atoms with Crippen molar-refractivity contribution in [1.82, 2.24) is 25.5 Å². The SMILES string of the molecule is CC(C)(C)C1CCC(N(Cc2ccc(C(=O)Nc3nn[nH]n3)cc2)C(=O)c2ccc3ccccc3c2)CC1. The van der Waals surface area contributed by atoms with Crippen LogP contribution < -0.4 is 5.32 Å². The van der Waals surface area contributed by atoms with Gasteiger partial charge in [-0.15, -0.1) is 5.10 Å². The molecule has 1 heterocycles. The number of nitrogens with zero attached hydrogens (tertiary/aromatic N) is 4. The number of hydrogen-bond donors (Lipinski definition) is 2. The van der Waals surface area contributed by atoms with Gasteiger partial charge in [-0.3, -0.25) is 14.9 Å². The Labute approximate surface area is 222 Å². The molecule has 0 atom stereocenters. The summed E-state index contributed by atoms with van der Waals surface area (Å²) < 4.78 is 0. The van der Waals surface area contributed by atoms with Crippen LogP contribution in [0.3, 0.4) is 0 Å². The van der Waals surface area contributed by atoms with Crippen LogP contribution in [0.25, 0.3) is 10.8 Å². The summed E-state index contributed by atoms with van der Waals surface area (Å²) in [6.07, 6.45) is 4.22. The second-order valence-corrected chi connectivity index (χ2v) is 11.3. The van der Waals surface area contributed by atoms with Crippen molar-refractivity contribution in [2.24, 2.45) is 11.3 Å². The van der Waals surface area contributed by atoms with E-state index in [1.807, 2.05) is 53.4 Å². The smallest absolute Gasteiger partial charge is 0.270 e. The molecule has 3 aromatic carbocycles. The van der Waals surface area contributed by atoms with E-state index in [0.29, 0.717) is 23.6 Å². The molecule has 1 aliphatic carbocycles. The lowest BCUT2D eigenvalue weighted by atomic mass is 9.71. The number of aromatic amines is 1. The molecule has 1 aliphatic rings. The van der Waals surface area contributed by atoms with E-state index >= 15 is 0 Å². The monoisotopic (exact) mass is 510 g/mol. The zero-order chi connectivity index (χ0) is 26.7. The first-order valence-corrected chi connectivity index (χ1v) is 13.2. The Morgan fingerprint density at radius 3 is 2.26 bits per heavy atom. The highest BCUT2D eigenvalue weighted by Gasteiger charge is 2.34. The average Bonchev–Trinajstić information content (AvgIpc) is 3.44. The molecule has 8 heteroatoms. The minimum absolute atomic E-state index is 0.0499. The zero-order valence-electron chi connectivity index (χ0n) is 22.1. The number of hydrogen-bond acceptors (Lipinski definition) is 5. The Balaban J connectivity index is 1.37. The average molecular weight is 511 g/mol. The normalized spacial score (nSPS) is 17.8. The van der Waals surface area contributed by atoms with Gasteiger partial charge in [0.15, 0.2) is 0 Å². The largest absolute Gasteiger partial charge is 0.331 e. The number of benzene rings is 3. The van der Waals surface area contributed by atoms with Crippen LogP contribution in [0.5, 0.6) is 0 Å². The summed E-state index contributed by atoms with van der Waals surface area (Å²) in [5.41, 5.74) is 2.44. The number of fused-ring (bicyclic) bond motifs is 1. The van der Waals surface area contributed by atoms with Crippen molar-refractivity contribution in [3.05, 3.63) is 83.4 Å². The maximum atomic E-state index is 14.0. The second-order valence-electron chi connectivity index (χ2n) is 11.3. The molecule has 0 radical (unpaired) electrons. The highest BCUT2D eigenvalue weighted by molar-refractivity contribution is 6.03. The van der Waals surface area contributed by atoms with Gasteiger partial charge in [-0.1, -0.05) is 68.3 Å². The molecule has 4 aromatic rings. The number of carbonyl (C=O) groups excluding carboxylic acids is 2. The lowest BCUT2D eigenvalue weighted by Gasteiger charge is -2.41. The molecule has 1 saturated carbocycles. The zero-order valence-corrected chi connectivity index (χ0v) is 22.1. The number of amides is 2. The lowest BCUT2D eigenvalue weighted by molar-refractivity contribution is 0.0530. The maximum absolute atomic E-state index is 14.0. The van der Waals surface area contributed by atoms with Crippen molar-refractivity contribution in [3.63, 3.8) is 0 Å². The van der Waals surface area contributed by atoms with Gasteiger partial charge in [-0.05, 0) is 82.8 Å². The topological polar surface area (TPSA) is 104 Å². The summed E-state index contributed by atoms with van der Waals surface area (Å²) in [6, 6.07) is 21.6. The summed E-state index contributed by atoms with van der Waals surface area (Å²) in [4.78, 5) is 28.5. The van der Waals surface area contributed by atoms with Crippen molar-refractivity contribution >= 4 is 28.5 Å². The van der Waals surface area contributed by atoms with Crippen LogP contribution in [0.15, 0.2) is 66.7 Å². The Kier molecular flexibility index (Phi) is 7.22. The van der Waals surface area contributed by atoms with E-state index in [4.69, 9.17) is 0 Å². The fourth-order valence-electron chi connectivity index (χ4n) is 5.46. The number of anilines is 1. The first kappa shape index (κ1) is 25.6. The van der Waals surface area contributed by atoms with E-state index in [1.54, 1.807) is 12.1 Å². The number of H-pyrrole nitrogens is 1. The number of carbonyl (C=O) groups is 2. The molecule has 0 bridgehead atoms. The van der Waals surface area contributed by atoms with E-state index in [9.17, 15) is 9.59 Å². The molecule has 2 N–H and O–H groups in total. The summed E-state index contributed by atoms with van der Waals surface area (Å²) >= 11 is 0. The van der Waals surface area contributed by atoms with E-state index in [2.05, 4.69) is 52.8 Å². The van der Waals surface area contributed by atoms with Gasteiger partial charge in [-0.25, -0.2) is 0 Å². The van der Waals surface area contributed by atoms with Gasteiger partial charge in [0.1, 0.15) is 0 Å². The third-order valence-electron chi connectivity index (χ3n) is 7.76. The summed E-state index contributed by atoms with van der Waals surface area (Å²) in [5.74, 6) is 0.516. The third-order valence-corrected chi connectivity index (χ3v) is 7.76. The highest BCUT2D eigenvalue weighted by atomic mass is 16.2. The molecule has 196 valence electrons. The molecule has 0 aliphatic heterocycles. The predicted molar refractivity (Wildman–Crippen MR) is 148 cm³/mol. The van der Waals surface area contributed by atoms with Crippen molar-refractivity contribution in [2.75, 3.05) is 5.32 Å². The Morgan fingerprint density at radius 2 is 1.61 bits per heavy atom. The number of rotatable bonds is 6. The maximum Gasteiger partial charge on any atom is 0.270 e. The van der Waals surface area contributed by atoms with Crippen molar-refractivity contribution in [3.8, 4) is 0 Å². The Bertz CT molecular complexity index is 1400. The number of tetrazole rings is 1. The van der Waals surface area contributed by atoms with Crippen molar-refractivity contribution in [2.45, 2.75) is 59.0 Å². The van der Waals surface area contributed by atoms with Crippen LogP contribution in [0.4, 0.5) is 5.95 Å². The first-order valence-electron chi connectivity index (χ1n) is 13.2. The van der Waals surface area contributed by atoms with E-state index in [-0.39, 0.29) is 29.2 Å². The van der Waals surface area contributed by atoms with E-state index < -0.39 is 0 Å². The molecule has 8 nitrogen and oxygen atoms in total. The quantitative estimate of drug-likeness (QED) is 0.338. The molecular weight excluding hydrogens is 476 g/mol. The minimum Gasteiger partial charge on any atom is -0.331 e. The van der Waals surface area contributed by atoms with Gasteiger partial charge in [0.05, 0.1) is 0 Å². The van der Waals surface area contributed by atoms with Crippen LogP contribution in [0, 0.1) is 11.3 Å². The van der Waals surface area contributed by atoms with Crippen LogP contribution >= 0.6 is 0 Å². The molecule has 0 unspecified atom stereocenters. The Morgan fingerprint density at radius 1 is 0.921 bits per heavy atom. The van der Waals surface area contributed by atoms with E-state index in [1.165, 1.54) is 0 Å². The molecule has 1 fully saturated rings. The number of aromatic nitrogens is 4. The molecule has 0 spiro atoms. The molecule has 1 aromatic heterocycles. The van der Waals surface area contributed by atoms with Crippen molar-refractivity contribution < 1.29 is 9.59 Å². The van der Waals surface area contributed by atoms with Gasteiger partial charge < -0.3 is 4.90 Å². The van der Waals surface area contributed by atoms with E-state index in [0.717, 1.165) is 42.0 Å². The van der Waals surface area contributed by atoms with Gasteiger partial charge in [0.25, 0.3) is 17.8 Å².